The van der Waals surface area contributed by atoms with E-state index in [2.05, 4.69) is 9.97 Å². The van der Waals surface area contributed by atoms with Crippen LogP contribution in [0.2, 0.25) is 0 Å². The number of benzene rings is 2. The maximum atomic E-state index is 13.0. The van der Waals surface area contributed by atoms with Crippen molar-refractivity contribution in [1.82, 2.24) is 14.9 Å². The monoisotopic (exact) mass is 423 g/mol. The SMILES string of the molecule is COc1ccc(OCC(=O)N(Cc2nc3ccccc3c(=O)[nH]2)C[C@H]2CCCO2)cc1. The van der Waals surface area contributed by atoms with Crippen molar-refractivity contribution in [3.05, 3.63) is 64.7 Å². The van der Waals surface area contributed by atoms with Crippen molar-refractivity contribution in [2.24, 2.45) is 0 Å². The summed E-state index contributed by atoms with van der Waals surface area (Å²) in [6.45, 7) is 1.16. The van der Waals surface area contributed by atoms with Crippen molar-refractivity contribution in [2.75, 3.05) is 26.9 Å². The Hall–Kier alpha value is -3.39. The zero-order valence-corrected chi connectivity index (χ0v) is 17.4. The van der Waals surface area contributed by atoms with Gasteiger partial charge in [-0.15, -0.1) is 0 Å². The molecule has 2 heterocycles. The molecule has 3 aromatic rings. The lowest BCUT2D eigenvalue weighted by atomic mass is 10.2. The topological polar surface area (TPSA) is 93.8 Å². The third-order valence-corrected chi connectivity index (χ3v) is 5.22. The van der Waals surface area contributed by atoms with Crippen molar-refractivity contribution in [3.8, 4) is 11.5 Å². The first-order valence-electron chi connectivity index (χ1n) is 10.3. The number of hydrogen-bond acceptors (Lipinski definition) is 6. The highest BCUT2D eigenvalue weighted by atomic mass is 16.5. The molecule has 1 amide bonds. The van der Waals surface area contributed by atoms with Crippen molar-refractivity contribution < 1.29 is 19.0 Å². The van der Waals surface area contributed by atoms with Gasteiger partial charge in [0.05, 0.1) is 30.7 Å². The molecular weight excluding hydrogens is 398 g/mol. The second-order valence-electron chi connectivity index (χ2n) is 7.40. The van der Waals surface area contributed by atoms with E-state index in [4.69, 9.17) is 14.2 Å². The van der Waals surface area contributed by atoms with Gasteiger partial charge in [0.1, 0.15) is 17.3 Å². The molecule has 2 aromatic carbocycles. The lowest BCUT2D eigenvalue weighted by molar-refractivity contribution is -0.135. The minimum absolute atomic E-state index is 0.0304. The number of nitrogens with one attached hydrogen (secondary N) is 1. The average Bonchev–Trinajstić information content (AvgIpc) is 3.30. The highest BCUT2D eigenvalue weighted by Crippen LogP contribution is 2.18. The van der Waals surface area contributed by atoms with Crippen LogP contribution in [0.5, 0.6) is 11.5 Å². The molecule has 0 saturated carbocycles. The van der Waals surface area contributed by atoms with Crippen LogP contribution in [0.3, 0.4) is 0 Å². The number of hydrogen-bond donors (Lipinski definition) is 1. The molecular formula is C23H25N3O5. The number of aromatic amines is 1. The second-order valence-corrected chi connectivity index (χ2v) is 7.40. The first-order chi connectivity index (χ1) is 15.1. The van der Waals surface area contributed by atoms with Crippen molar-refractivity contribution in [3.63, 3.8) is 0 Å². The minimum atomic E-state index is -0.223. The van der Waals surface area contributed by atoms with Gasteiger partial charge in [-0.3, -0.25) is 9.59 Å². The molecule has 1 N–H and O–H groups in total. The highest BCUT2D eigenvalue weighted by molar-refractivity contribution is 5.78. The third kappa shape index (κ3) is 5.21. The summed E-state index contributed by atoms with van der Waals surface area (Å²) >= 11 is 0. The summed E-state index contributed by atoms with van der Waals surface area (Å²) in [5, 5.41) is 0.520. The van der Waals surface area contributed by atoms with Crippen LogP contribution in [0, 0.1) is 0 Å². The number of aromatic nitrogens is 2. The molecule has 0 aliphatic carbocycles. The smallest absolute Gasteiger partial charge is 0.261 e. The fourth-order valence-corrected chi connectivity index (χ4v) is 3.59. The minimum Gasteiger partial charge on any atom is -0.497 e. The number of H-pyrrole nitrogens is 1. The molecule has 0 radical (unpaired) electrons. The molecule has 0 unspecified atom stereocenters. The van der Waals surface area contributed by atoms with Gasteiger partial charge >= 0.3 is 0 Å². The number of carbonyl (C=O) groups is 1. The van der Waals surface area contributed by atoms with E-state index >= 15 is 0 Å². The Labute approximate surface area is 179 Å². The Balaban J connectivity index is 1.49. The number of carbonyl (C=O) groups excluding carboxylic acids is 1. The lowest BCUT2D eigenvalue weighted by Crippen LogP contribution is -2.40. The molecule has 4 rings (SSSR count). The highest BCUT2D eigenvalue weighted by Gasteiger charge is 2.24. The van der Waals surface area contributed by atoms with Gasteiger partial charge < -0.3 is 24.1 Å². The maximum absolute atomic E-state index is 13.0. The lowest BCUT2D eigenvalue weighted by Gasteiger charge is -2.25. The molecule has 31 heavy (non-hydrogen) atoms. The van der Waals surface area contributed by atoms with Crippen LogP contribution >= 0.6 is 0 Å². The number of fused-ring (bicyclic) bond motifs is 1. The van der Waals surface area contributed by atoms with Crippen LogP contribution in [0.1, 0.15) is 18.7 Å². The fraction of sp³-hybridized carbons (Fsp3) is 0.348. The molecule has 1 atom stereocenters. The molecule has 1 fully saturated rings. The summed E-state index contributed by atoms with van der Waals surface area (Å²) in [5.41, 5.74) is 0.375. The Kier molecular flexibility index (Phi) is 6.47. The Bertz CT molecular complexity index is 1090. The quantitative estimate of drug-likeness (QED) is 0.598. The predicted octanol–water partition coefficient (Wildman–Crippen LogP) is 2.52. The van der Waals surface area contributed by atoms with E-state index in [0.717, 1.165) is 12.8 Å². The molecule has 1 aromatic heterocycles. The van der Waals surface area contributed by atoms with Crippen LogP contribution in [-0.4, -0.2) is 53.7 Å². The molecule has 8 heteroatoms. The van der Waals surface area contributed by atoms with Crippen LogP contribution in [0.15, 0.2) is 53.3 Å². The van der Waals surface area contributed by atoms with Gasteiger partial charge in [0.15, 0.2) is 6.61 Å². The average molecular weight is 423 g/mol. The second kappa shape index (κ2) is 9.61. The van der Waals surface area contributed by atoms with E-state index in [1.165, 1.54) is 0 Å². The summed E-state index contributed by atoms with van der Waals surface area (Å²) in [4.78, 5) is 34.3. The number of para-hydroxylation sites is 1. The van der Waals surface area contributed by atoms with Gasteiger partial charge in [-0.2, -0.15) is 0 Å². The summed E-state index contributed by atoms with van der Waals surface area (Å²) in [5.74, 6) is 1.51. The summed E-state index contributed by atoms with van der Waals surface area (Å²) in [6.07, 6.45) is 1.84. The Morgan fingerprint density at radius 3 is 2.71 bits per heavy atom. The zero-order chi connectivity index (χ0) is 21.6. The number of amides is 1. The van der Waals surface area contributed by atoms with Gasteiger partial charge in [-0.1, -0.05) is 12.1 Å². The molecule has 1 aliphatic heterocycles. The van der Waals surface area contributed by atoms with E-state index in [9.17, 15) is 9.59 Å². The predicted molar refractivity (Wildman–Crippen MR) is 115 cm³/mol. The van der Waals surface area contributed by atoms with Crippen LogP contribution in [0.4, 0.5) is 0 Å². The van der Waals surface area contributed by atoms with E-state index in [1.54, 1.807) is 54.5 Å². The molecule has 1 saturated heterocycles. The Morgan fingerprint density at radius 1 is 1.19 bits per heavy atom. The standard InChI is InChI=1S/C23H25N3O5/c1-29-16-8-10-17(11-9-16)31-15-22(27)26(13-18-5-4-12-30-18)14-21-24-20-7-3-2-6-19(20)23(28)25-21/h2-3,6-11,18H,4-5,12-15H2,1H3,(H,24,25,28)/t18-/m1/s1. The van der Waals surface area contributed by atoms with E-state index in [0.29, 0.717) is 41.4 Å². The normalized spacial score (nSPS) is 15.7. The first-order valence-corrected chi connectivity index (χ1v) is 10.3. The largest absolute Gasteiger partial charge is 0.497 e. The summed E-state index contributed by atoms with van der Waals surface area (Å²) in [6, 6.07) is 14.2. The summed E-state index contributed by atoms with van der Waals surface area (Å²) in [7, 11) is 1.59. The molecule has 8 nitrogen and oxygen atoms in total. The van der Waals surface area contributed by atoms with Gasteiger partial charge in [0.2, 0.25) is 0 Å². The first kappa shape index (κ1) is 20.9. The van der Waals surface area contributed by atoms with Crippen molar-refractivity contribution >= 4 is 16.8 Å². The van der Waals surface area contributed by atoms with Gasteiger partial charge in [-0.05, 0) is 49.2 Å². The van der Waals surface area contributed by atoms with E-state index in [1.807, 2.05) is 6.07 Å². The van der Waals surface area contributed by atoms with E-state index < -0.39 is 0 Å². The van der Waals surface area contributed by atoms with Crippen LogP contribution in [0.25, 0.3) is 10.9 Å². The van der Waals surface area contributed by atoms with Gasteiger partial charge in [0.25, 0.3) is 11.5 Å². The number of nitrogens with zero attached hydrogens (tertiary/aromatic N) is 2. The summed E-state index contributed by atoms with van der Waals surface area (Å²) < 4.78 is 16.5. The van der Waals surface area contributed by atoms with Gasteiger partial charge in [0, 0.05) is 13.2 Å². The van der Waals surface area contributed by atoms with Crippen molar-refractivity contribution in [1.29, 1.82) is 0 Å². The molecule has 162 valence electrons. The molecule has 0 bridgehead atoms. The number of ether oxygens (including phenoxy) is 3. The third-order valence-electron chi connectivity index (χ3n) is 5.22. The van der Waals surface area contributed by atoms with Gasteiger partial charge in [-0.25, -0.2) is 4.98 Å². The van der Waals surface area contributed by atoms with Crippen LogP contribution in [-0.2, 0) is 16.1 Å². The Morgan fingerprint density at radius 2 is 1.97 bits per heavy atom. The fourth-order valence-electron chi connectivity index (χ4n) is 3.59. The van der Waals surface area contributed by atoms with Crippen LogP contribution < -0.4 is 15.0 Å². The van der Waals surface area contributed by atoms with Crippen molar-refractivity contribution in [2.45, 2.75) is 25.5 Å². The number of rotatable bonds is 8. The number of methoxy groups -OCH3 is 1. The zero-order valence-electron chi connectivity index (χ0n) is 17.4. The van der Waals surface area contributed by atoms with E-state index in [-0.39, 0.29) is 30.7 Å². The molecule has 0 spiro atoms. The molecule has 1 aliphatic rings. The maximum Gasteiger partial charge on any atom is 0.261 e.